The molecule has 0 saturated carbocycles. The molecular weight excluding hydrogens is 470 g/mol. The summed E-state index contributed by atoms with van der Waals surface area (Å²) in [6.07, 6.45) is 3.51. The van der Waals surface area contributed by atoms with E-state index in [4.69, 9.17) is 14.9 Å². The normalized spacial score (nSPS) is 18.2. The van der Waals surface area contributed by atoms with E-state index in [9.17, 15) is 19.0 Å². The minimum atomic E-state index is -1.26. The highest BCUT2D eigenvalue weighted by Crippen LogP contribution is 2.29. The number of phenolic OH excluding ortho intramolecular Hbond substituents is 1. The van der Waals surface area contributed by atoms with Crippen molar-refractivity contribution in [1.82, 2.24) is 10.2 Å². The van der Waals surface area contributed by atoms with Crippen molar-refractivity contribution in [1.29, 1.82) is 0 Å². The Hall–Kier alpha value is -3.16. The van der Waals surface area contributed by atoms with Gasteiger partial charge in [-0.2, -0.15) is 4.39 Å². The largest absolute Gasteiger partial charge is 0.505 e. The average molecular weight is 507 g/mol. The Labute approximate surface area is 211 Å². The standard InChI is InChI=1S/C20H18F2N2O2.C4H8O2.C2H6.CH4O/c1-13(25)20-23-10-12-24(20)11-2-3-14-4-6-15(7-5-14)16-8-9-17(26)19(22)18(16)21;5-4-1-2-6-3-4;2*1-2/h4-10,12-13,20,23,25-26H,11H2,1H3;4-5H,1-3H2;1-2H3;2H,1H3/t;4-;;/m.1../s1. The van der Waals surface area contributed by atoms with Crippen LogP contribution in [0.5, 0.6) is 5.75 Å². The molecule has 2 aromatic carbocycles. The summed E-state index contributed by atoms with van der Waals surface area (Å²) in [5, 5.41) is 37.5. The van der Waals surface area contributed by atoms with Crippen LogP contribution in [0.4, 0.5) is 8.78 Å². The van der Waals surface area contributed by atoms with Crippen molar-refractivity contribution in [3.8, 4) is 28.7 Å². The molecule has 9 heteroatoms. The Bertz CT molecular complexity index is 998. The summed E-state index contributed by atoms with van der Waals surface area (Å²) in [6.45, 7) is 7.43. The second-order valence-electron chi connectivity index (χ2n) is 7.50. The number of hydrogen-bond donors (Lipinski definition) is 5. The molecule has 2 aromatic rings. The maximum atomic E-state index is 13.9. The van der Waals surface area contributed by atoms with E-state index in [2.05, 4.69) is 17.2 Å². The maximum absolute atomic E-state index is 13.9. The summed E-state index contributed by atoms with van der Waals surface area (Å²) in [5.41, 5.74) is 1.30. The molecular formula is C27H36F2N2O5. The molecule has 0 aliphatic carbocycles. The number of halogens is 2. The predicted octanol–water partition coefficient (Wildman–Crippen LogP) is 3.17. The van der Waals surface area contributed by atoms with Gasteiger partial charge in [-0.1, -0.05) is 37.8 Å². The van der Waals surface area contributed by atoms with Gasteiger partial charge in [-0.3, -0.25) is 0 Å². The van der Waals surface area contributed by atoms with Crippen molar-refractivity contribution in [2.24, 2.45) is 0 Å². The minimum absolute atomic E-state index is 0.0767. The first kappa shape index (κ1) is 30.9. The number of hydrogen-bond acceptors (Lipinski definition) is 7. The summed E-state index contributed by atoms with van der Waals surface area (Å²) < 4.78 is 32.2. The highest BCUT2D eigenvalue weighted by atomic mass is 19.2. The summed E-state index contributed by atoms with van der Waals surface area (Å²) in [4.78, 5) is 1.89. The van der Waals surface area contributed by atoms with Crippen LogP contribution in [0.15, 0.2) is 48.8 Å². The number of nitrogens with one attached hydrogen (secondary N) is 1. The predicted molar refractivity (Wildman–Crippen MR) is 136 cm³/mol. The van der Waals surface area contributed by atoms with Crippen molar-refractivity contribution in [2.45, 2.75) is 45.6 Å². The lowest BCUT2D eigenvalue weighted by atomic mass is 10.0. The Morgan fingerprint density at radius 2 is 1.78 bits per heavy atom. The van der Waals surface area contributed by atoms with Gasteiger partial charge in [0.2, 0.25) is 5.82 Å². The number of aliphatic hydroxyl groups excluding tert-OH is 3. The summed E-state index contributed by atoms with van der Waals surface area (Å²) >= 11 is 0. The Morgan fingerprint density at radius 3 is 2.31 bits per heavy atom. The van der Waals surface area contributed by atoms with Crippen LogP contribution in [-0.4, -0.2) is 70.6 Å². The first-order valence-electron chi connectivity index (χ1n) is 11.7. The van der Waals surface area contributed by atoms with E-state index in [0.717, 1.165) is 31.8 Å². The summed E-state index contributed by atoms with van der Waals surface area (Å²) in [5.74, 6) is 2.97. The van der Waals surface area contributed by atoms with Crippen LogP contribution >= 0.6 is 0 Å². The molecule has 2 aliphatic rings. The molecule has 2 heterocycles. The van der Waals surface area contributed by atoms with Crippen LogP contribution in [0.25, 0.3) is 11.1 Å². The highest BCUT2D eigenvalue weighted by molar-refractivity contribution is 5.66. The van der Waals surface area contributed by atoms with E-state index in [1.165, 1.54) is 6.07 Å². The third-order valence-electron chi connectivity index (χ3n) is 5.01. The van der Waals surface area contributed by atoms with Gasteiger partial charge in [0, 0.05) is 37.2 Å². The van der Waals surface area contributed by atoms with Crippen LogP contribution in [0, 0.1) is 23.5 Å². The van der Waals surface area contributed by atoms with Crippen molar-refractivity contribution in [3.05, 3.63) is 66.0 Å². The number of ether oxygens (including phenoxy) is 1. The molecule has 1 saturated heterocycles. The molecule has 198 valence electrons. The number of phenols is 1. The molecule has 3 atom stereocenters. The van der Waals surface area contributed by atoms with Gasteiger partial charge >= 0.3 is 0 Å². The van der Waals surface area contributed by atoms with Gasteiger partial charge < -0.3 is 35.4 Å². The van der Waals surface area contributed by atoms with E-state index >= 15 is 0 Å². The SMILES string of the molecule is CC.CC(O)C1NC=CN1CC#Cc1ccc(-c2ccc(O)c(F)c2F)cc1.CO.O[C@@H]1CCOC1. The number of aliphatic hydroxyl groups is 3. The van der Waals surface area contributed by atoms with Gasteiger partial charge in [-0.15, -0.1) is 0 Å². The van der Waals surface area contributed by atoms with Crippen LogP contribution in [0.2, 0.25) is 0 Å². The van der Waals surface area contributed by atoms with Gasteiger partial charge in [-0.05, 0) is 43.2 Å². The lowest BCUT2D eigenvalue weighted by molar-refractivity contribution is 0.0928. The van der Waals surface area contributed by atoms with Gasteiger partial charge in [0.25, 0.3) is 0 Å². The number of nitrogens with zero attached hydrogens (tertiary/aromatic N) is 1. The first-order valence-corrected chi connectivity index (χ1v) is 11.7. The second kappa shape index (κ2) is 16.5. The lowest BCUT2D eigenvalue weighted by Crippen LogP contribution is -2.43. The van der Waals surface area contributed by atoms with Crippen LogP contribution in [0.3, 0.4) is 0 Å². The quantitative estimate of drug-likeness (QED) is 0.407. The van der Waals surface area contributed by atoms with Crippen molar-refractivity contribution < 1.29 is 33.9 Å². The molecule has 0 bridgehead atoms. The van der Waals surface area contributed by atoms with E-state index in [0.29, 0.717) is 18.7 Å². The number of benzene rings is 2. The number of rotatable bonds is 3. The average Bonchev–Trinajstić information content (AvgIpc) is 3.58. The fourth-order valence-electron chi connectivity index (χ4n) is 3.24. The zero-order valence-corrected chi connectivity index (χ0v) is 21.1. The molecule has 2 unspecified atom stereocenters. The van der Waals surface area contributed by atoms with E-state index in [1.807, 2.05) is 24.9 Å². The summed E-state index contributed by atoms with van der Waals surface area (Å²) in [6, 6.07) is 9.19. The second-order valence-corrected chi connectivity index (χ2v) is 7.50. The zero-order valence-electron chi connectivity index (χ0n) is 21.1. The number of aromatic hydroxyl groups is 1. The monoisotopic (exact) mass is 506 g/mol. The van der Waals surface area contributed by atoms with E-state index in [-0.39, 0.29) is 17.8 Å². The van der Waals surface area contributed by atoms with Crippen LogP contribution < -0.4 is 5.32 Å². The first-order chi connectivity index (χ1) is 17.4. The van der Waals surface area contributed by atoms with Gasteiger partial charge in [0.15, 0.2) is 11.6 Å². The third kappa shape index (κ3) is 9.13. The molecule has 0 amide bonds. The lowest BCUT2D eigenvalue weighted by Gasteiger charge is -2.25. The van der Waals surface area contributed by atoms with E-state index in [1.54, 1.807) is 37.4 Å². The third-order valence-corrected chi connectivity index (χ3v) is 5.01. The molecule has 36 heavy (non-hydrogen) atoms. The maximum Gasteiger partial charge on any atom is 0.200 e. The zero-order chi connectivity index (χ0) is 27.1. The van der Waals surface area contributed by atoms with Gasteiger partial charge in [0.05, 0.1) is 25.4 Å². The van der Waals surface area contributed by atoms with Crippen LogP contribution in [0.1, 0.15) is 32.8 Å². The molecule has 0 spiro atoms. The van der Waals surface area contributed by atoms with Crippen LogP contribution in [-0.2, 0) is 4.74 Å². The Balaban J connectivity index is 0.000000551. The molecule has 0 aromatic heterocycles. The minimum Gasteiger partial charge on any atom is -0.505 e. The van der Waals surface area contributed by atoms with Gasteiger partial charge in [-0.25, -0.2) is 4.39 Å². The van der Waals surface area contributed by atoms with E-state index < -0.39 is 23.5 Å². The summed E-state index contributed by atoms with van der Waals surface area (Å²) in [7, 11) is 1.00. The molecule has 5 N–H and O–H groups in total. The van der Waals surface area contributed by atoms with Crippen molar-refractivity contribution in [3.63, 3.8) is 0 Å². The molecule has 4 rings (SSSR count). The fourth-order valence-corrected chi connectivity index (χ4v) is 3.24. The Kier molecular flexibility index (Phi) is 14.1. The van der Waals surface area contributed by atoms with Gasteiger partial charge in [0.1, 0.15) is 6.17 Å². The Morgan fingerprint density at radius 1 is 1.11 bits per heavy atom. The fraction of sp³-hybridized carbons (Fsp3) is 0.407. The topological polar surface area (TPSA) is 105 Å². The van der Waals surface area contributed by atoms with Crippen molar-refractivity contribution in [2.75, 3.05) is 26.9 Å². The molecule has 2 aliphatic heterocycles. The highest BCUT2D eigenvalue weighted by Gasteiger charge is 2.22. The van der Waals surface area contributed by atoms with Crippen molar-refractivity contribution >= 4 is 0 Å². The molecule has 1 fully saturated rings. The molecule has 0 radical (unpaired) electrons. The molecule has 7 nitrogen and oxygen atoms in total. The smallest absolute Gasteiger partial charge is 0.200 e.